The van der Waals surface area contributed by atoms with Crippen molar-refractivity contribution in [1.82, 2.24) is 5.32 Å². The molecule has 0 heterocycles. The zero-order valence-corrected chi connectivity index (χ0v) is 14.8. The molecule has 122 valence electrons. The molecule has 3 nitrogen and oxygen atoms in total. The van der Waals surface area contributed by atoms with E-state index in [1.165, 1.54) is 11.8 Å². The van der Waals surface area contributed by atoms with Crippen molar-refractivity contribution in [3.05, 3.63) is 59.1 Å². The lowest BCUT2D eigenvalue weighted by molar-refractivity contribution is -0.119. The normalized spacial score (nSPS) is 11.8. The number of nitrogens with one attached hydrogen (secondary N) is 1. The molecule has 0 aliphatic rings. The maximum absolute atomic E-state index is 12.2. The number of amides is 1. The zero-order valence-electron chi connectivity index (χ0n) is 13.2. The van der Waals surface area contributed by atoms with Crippen molar-refractivity contribution >= 4 is 29.3 Å². The summed E-state index contributed by atoms with van der Waals surface area (Å²) in [5.41, 5.74) is 1.08. The van der Waals surface area contributed by atoms with E-state index in [-0.39, 0.29) is 11.9 Å². The largest absolute Gasteiger partial charge is 0.497 e. The highest BCUT2D eigenvalue weighted by Crippen LogP contribution is 2.22. The van der Waals surface area contributed by atoms with E-state index in [2.05, 4.69) is 12.2 Å². The van der Waals surface area contributed by atoms with Crippen LogP contribution in [0.5, 0.6) is 5.75 Å². The highest BCUT2D eigenvalue weighted by molar-refractivity contribution is 8.00. The van der Waals surface area contributed by atoms with Gasteiger partial charge in [0, 0.05) is 9.92 Å². The molecule has 1 amide bonds. The van der Waals surface area contributed by atoms with Gasteiger partial charge in [0.1, 0.15) is 5.75 Å². The SMILES string of the molecule is CC[C@@H](NC(=O)CSc1ccc(Cl)cc1)c1ccc(OC)cc1. The maximum Gasteiger partial charge on any atom is 0.230 e. The average molecular weight is 350 g/mol. The van der Waals surface area contributed by atoms with Crippen LogP contribution in [0.15, 0.2) is 53.4 Å². The van der Waals surface area contributed by atoms with Crippen molar-refractivity contribution in [2.45, 2.75) is 24.3 Å². The molecule has 0 radical (unpaired) electrons. The van der Waals surface area contributed by atoms with E-state index >= 15 is 0 Å². The molecule has 0 aliphatic heterocycles. The molecule has 0 saturated carbocycles. The molecule has 0 aromatic heterocycles. The van der Waals surface area contributed by atoms with Crippen LogP contribution in [-0.2, 0) is 4.79 Å². The summed E-state index contributed by atoms with van der Waals surface area (Å²) in [5.74, 6) is 1.22. The Hall–Kier alpha value is -1.65. The Bertz CT molecular complexity index is 628. The monoisotopic (exact) mass is 349 g/mol. The van der Waals surface area contributed by atoms with Crippen molar-refractivity contribution < 1.29 is 9.53 Å². The van der Waals surface area contributed by atoms with Gasteiger partial charge in [0.05, 0.1) is 18.9 Å². The Labute approximate surface area is 146 Å². The standard InChI is InChI=1S/C18H20ClNO2S/c1-3-17(13-4-8-15(22-2)9-5-13)20-18(21)12-23-16-10-6-14(19)7-11-16/h4-11,17H,3,12H2,1-2H3,(H,20,21)/t17-/m1/s1. The molecule has 0 unspecified atom stereocenters. The van der Waals surface area contributed by atoms with E-state index in [0.29, 0.717) is 10.8 Å². The average Bonchev–Trinajstić information content (AvgIpc) is 2.59. The summed E-state index contributed by atoms with van der Waals surface area (Å²) in [6.45, 7) is 2.06. The number of carbonyl (C=O) groups is 1. The molecule has 1 atom stereocenters. The second-order valence-corrected chi connectivity index (χ2v) is 6.53. The van der Waals surface area contributed by atoms with E-state index in [0.717, 1.165) is 22.6 Å². The minimum Gasteiger partial charge on any atom is -0.497 e. The molecular formula is C18H20ClNO2S. The van der Waals surface area contributed by atoms with Crippen molar-refractivity contribution in [3.63, 3.8) is 0 Å². The van der Waals surface area contributed by atoms with Gasteiger partial charge in [0.15, 0.2) is 0 Å². The summed E-state index contributed by atoms with van der Waals surface area (Å²) in [4.78, 5) is 13.2. The number of carbonyl (C=O) groups excluding carboxylic acids is 1. The number of thioether (sulfide) groups is 1. The van der Waals surface area contributed by atoms with Gasteiger partial charge in [-0.25, -0.2) is 0 Å². The minimum absolute atomic E-state index is 0.0132. The van der Waals surface area contributed by atoms with Crippen LogP contribution in [0.2, 0.25) is 5.02 Å². The van der Waals surface area contributed by atoms with Gasteiger partial charge in [-0.05, 0) is 48.4 Å². The third kappa shape index (κ3) is 5.48. The second-order valence-electron chi connectivity index (χ2n) is 5.04. The van der Waals surface area contributed by atoms with Gasteiger partial charge in [-0.1, -0.05) is 30.7 Å². The molecule has 23 heavy (non-hydrogen) atoms. The van der Waals surface area contributed by atoms with Gasteiger partial charge in [-0.3, -0.25) is 4.79 Å². The first-order valence-corrected chi connectivity index (χ1v) is 8.80. The number of halogens is 1. The number of methoxy groups -OCH3 is 1. The summed E-state index contributed by atoms with van der Waals surface area (Å²) in [5, 5.41) is 3.77. The summed E-state index contributed by atoms with van der Waals surface area (Å²) < 4.78 is 5.16. The van der Waals surface area contributed by atoms with Crippen molar-refractivity contribution in [2.24, 2.45) is 0 Å². The summed E-state index contributed by atoms with van der Waals surface area (Å²) >= 11 is 7.35. The van der Waals surface area contributed by atoms with Crippen LogP contribution in [0.25, 0.3) is 0 Å². The summed E-state index contributed by atoms with van der Waals surface area (Å²) in [6, 6.07) is 15.3. The van der Waals surface area contributed by atoms with Gasteiger partial charge in [-0.15, -0.1) is 11.8 Å². The van der Waals surface area contributed by atoms with Gasteiger partial charge in [0.2, 0.25) is 5.91 Å². The Morgan fingerprint density at radius 1 is 1.17 bits per heavy atom. The number of rotatable bonds is 7. The second kappa shape index (κ2) is 8.85. The predicted octanol–water partition coefficient (Wildman–Crippen LogP) is 4.71. The first-order chi connectivity index (χ1) is 11.1. The molecule has 0 bridgehead atoms. The van der Waals surface area contributed by atoms with Gasteiger partial charge in [-0.2, -0.15) is 0 Å². The third-order valence-electron chi connectivity index (χ3n) is 3.45. The summed E-state index contributed by atoms with van der Waals surface area (Å²) in [6.07, 6.45) is 0.837. The lowest BCUT2D eigenvalue weighted by Gasteiger charge is -2.17. The van der Waals surface area contributed by atoms with Crippen molar-refractivity contribution in [1.29, 1.82) is 0 Å². The fourth-order valence-corrected chi connectivity index (χ4v) is 3.01. The number of ether oxygens (including phenoxy) is 1. The van der Waals surface area contributed by atoms with Crippen LogP contribution in [0.1, 0.15) is 24.9 Å². The van der Waals surface area contributed by atoms with Crippen LogP contribution in [-0.4, -0.2) is 18.8 Å². The lowest BCUT2D eigenvalue weighted by Crippen LogP contribution is -2.29. The molecule has 1 N–H and O–H groups in total. The van der Waals surface area contributed by atoms with E-state index in [1.54, 1.807) is 7.11 Å². The topological polar surface area (TPSA) is 38.3 Å². The predicted molar refractivity (Wildman–Crippen MR) is 96.3 cm³/mol. The molecule has 0 fully saturated rings. The molecule has 5 heteroatoms. The minimum atomic E-state index is 0.0132. The Balaban J connectivity index is 1.89. The van der Waals surface area contributed by atoms with Crippen LogP contribution in [0, 0.1) is 0 Å². The van der Waals surface area contributed by atoms with Crippen LogP contribution < -0.4 is 10.1 Å². The molecule has 2 aromatic rings. The molecule has 0 aliphatic carbocycles. The fraction of sp³-hybridized carbons (Fsp3) is 0.278. The Morgan fingerprint density at radius 3 is 2.39 bits per heavy atom. The number of hydrogen-bond donors (Lipinski definition) is 1. The zero-order chi connectivity index (χ0) is 16.7. The van der Waals surface area contributed by atoms with E-state index in [1.807, 2.05) is 48.5 Å². The smallest absolute Gasteiger partial charge is 0.230 e. The van der Waals surface area contributed by atoms with E-state index in [9.17, 15) is 4.79 Å². The van der Waals surface area contributed by atoms with Crippen LogP contribution in [0.3, 0.4) is 0 Å². The Kier molecular flexibility index (Phi) is 6.81. The summed E-state index contributed by atoms with van der Waals surface area (Å²) in [7, 11) is 1.64. The van der Waals surface area contributed by atoms with E-state index < -0.39 is 0 Å². The van der Waals surface area contributed by atoms with Gasteiger partial charge < -0.3 is 10.1 Å². The first kappa shape index (κ1) is 17.7. The van der Waals surface area contributed by atoms with Gasteiger partial charge >= 0.3 is 0 Å². The highest BCUT2D eigenvalue weighted by atomic mass is 35.5. The molecule has 0 spiro atoms. The molecule has 0 saturated heterocycles. The van der Waals surface area contributed by atoms with Crippen molar-refractivity contribution in [2.75, 3.05) is 12.9 Å². The van der Waals surface area contributed by atoms with Gasteiger partial charge in [0.25, 0.3) is 0 Å². The third-order valence-corrected chi connectivity index (χ3v) is 4.71. The number of benzene rings is 2. The lowest BCUT2D eigenvalue weighted by atomic mass is 10.0. The highest BCUT2D eigenvalue weighted by Gasteiger charge is 2.13. The molecule has 2 aromatic carbocycles. The fourth-order valence-electron chi connectivity index (χ4n) is 2.17. The first-order valence-electron chi connectivity index (χ1n) is 7.44. The van der Waals surface area contributed by atoms with Crippen molar-refractivity contribution in [3.8, 4) is 5.75 Å². The number of hydrogen-bond acceptors (Lipinski definition) is 3. The Morgan fingerprint density at radius 2 is 1.83 bits per heavy atom. The van der Waals surface area contributed by atoms with Crippen LogP contribution >= 0.6 is 23.4 Å². The molecule has 2 rings (SSSR count). The van der Waals surface area contributed by atoms with Crippen LogP contribution in [0.4, 0.5) is 0 Å². The maximum atomic E-state index is 12.2. The molecular weight excluding hydrogens is 330 g/mol. The van der Waals surface area contributed by atoms with E-state index in [4.69, 9.17) is 16.3 Å². The quantitative estimate of drug-likeness (QED) is 0.736.